The molecule has 0 saturated carbocycles. The molecule has 11 heteroatoms. The summed E-state index contributed by atoms with van der Waals surface area (Å²) in [6.07, 6.45) is 0.887. The normalized spacial score (nSPS) is 12.0. The van der Waals surface area contributed by atoms with E-state index in [1.165, 1.54) is 44.4 Å². The summed E-state index contributed by atoms with van der Waals surface area (Å²) >= 11 is 0. The van der Waals surface area contributed by atoms with Crippen LogP contribution in [0.3, 0.4) is 0 Å². The lowest BCUT2D eigenvalue weighted by Gasteiger charge is -2.28. The Morgan fingerprint density at radius 2 is 1.83 bits per heavy atom. The van der Waals surface area contributed by atoms with E-state index in [-0.39, 0.29) is 22.6 Å². The first-order valence-corrected chi connectivity index (χ1v) is 10.1. The van der Waals surface area contributed by atoms with Crippen molar-refractivity contribution in [2.45, 2.75) is 13.0 Å². The Balaban J connectivity index is 2.40. The zero-order chi connectivity index (χ0) is 21.8. The molecule has 0 saturated heterocycles. The number of nitrogens with zero attached hydrogens (tertiary/aromatic N) is 2. The molecule has 0 heterocycles. The van der Waals surface area contributed by atoms with Crippen molar-refractivity contribution >= 4 is 39.0 Å². The smallest absolute Gasteiger partial charge is 0.339 e. The number of anilines is 2. The van der Waals surface area contributed by atoms with E-state index in [4.69, 9.17) is 0 Å². The van der Waals surface area contributed by atoms with E-state index < -0.39 is 32.9 Å². The highest BCUT2D eigenvalue weighted by molar-refractivity contribution is 7.92. The minimum atomic E-state index is -3.97. The molecular formula is C18H19N3O7S. The molecule has 0 unspecified atom stereocenters. The Bertz CT molecular complexity index is 1050. The Kier molecular flexibility index (Phi) is 6.54. The molecule has 2 rings (SSSR count). The highest BCUT2D eigenvalue weighted by Crippen LogP contribution is 2.26. The lowest BCUT2D eigenvalue weighted by Crippen LogP contribution is -2.45. The summed E-state index contributed by atoms with van der Waals surface area (Å²) in [6, 6.07) is 9.75. The predicted octanol–water partition coefficient (Wildman–Crippen LogP) is 2.17. The van der Waals surface area contributed by atoms with Gasteiger partial charge in [-0.1, -0.05) is 18.2 Å². The van der Waals surface area contributed by atoms with E-state index in [0.29, 0.717) is 0 Å². The van der Waals surface area contributed by atoms with E-state index in [1.54, 1.807) is 12.1 Å². The van der Waals surface area contributed by atoms with Crippen LogP contribution in [0.2, 0.25) is 0 Å². The van der Waals surface area contributed by atoms with Crippen LogP contribution in [0, 0.1) is 10.1 Å². The van der Waals surface area contributed by atoms with Gasteiger partial charge in [0.1, 0.15) is 6.04 Å². The largest absolute Gasteiger partial charge is 0.465 e. The van der Waals surface area contributed by atoms with E-state index >= 15 is 0 Å². The number of non-ortho nitro benzene ring substituents is 1. The zero-order valence-corrected chi connectivity index (χ0v) is 16.7. The second-order valence-corrected chi connectivity index (χ2v) is 7.90. The molecule has 154 valence electrons. The molecule has 1 N–H and O–H groups in total. The Hall–Kier alpha value is -3.47. The molecule has 29 heavy (non-hydrogen) atoms. The number of benzene rings is 2. The Morgan fingerprint density at radius 1 is 1.17 bits per heavy atom. The van der Waals surface area contributed by atoms with Gasteiger partial charge >= 0.3 is 5.97 Å². The second kappa shape index (κ2) is 8.69. The molecular weight excluding hydrogens is 402 g/mol. The average Bonchev–Trinajstić information content (AvgIpc) is 2.67. The molecule has 0 aliphatic carbocycles. The van der Waals surface area contributed by atoms with Crippen LogP contribution in [-0.2, 0) is 19.6 Å². The number of nitro benzene ring substituents is 1. The zero-order valence-electron chi connectivity index (χ0n) is 15.9. The highest BCUT2D eigenvalue weighted by Gasteiger charge is 2.30. The first kappa shape index (κ1) is 21.8. The predicted molar refractivity (Wildman–Crippen MR) is 106 cm³/mol. The van der Waals surface area contributed by atoms with Gasteiger partial charge in [0, 0.05) is 12.1 Å². The second-order valence-electron chi connectivity index (χ2n) is 6.04. The van der Waals surface area contributed by atoms with Gasteiger partial charge in [-0.2, -0.15) is 0 Å². The maximum atomic E-state index is 12.8. The molecule has 0 spiro atoms. The van der Waals surface area contributed by atoms with Gasteiger partial charge in [0.05, 0.1) is 35.2 Å². The SMILES string of the molecule is COC(=O)c1ccccc1NC(=O)[C@@H](C)N(c1cccc([N+](=O)[O-])c1)S(C)(=O)=O. The Labute approximate surface area is 167 Å². The fraction of sp³-hybridized carbons (Fsp3) is 0.222. The van der Waals surface area contributed by atoms with Crippen molar-refractivity contribution in [2.24, 2.45) is 0 Å². The van der Waals surface area contributed by atoms with Crippen LogP contribution in [0.25, 0.3) is 0 Å². The van der Waals surface area contributed by atoms with E-state index in [2.05, 4.69) is 10.1 Å². The van der Waals surface area contributed by atoms with Crippen LogP contribution in [-0.4, -0.2) is 44.6 Å². The molecule has 1 atom stereocenters. The van der Waals surface area contributed by atoms with E-state index in [0.717, 1.165) is 16.6 Å². The standard InChI is InChI=1S/C18H19N3O7S/c1-12(17(22)19-16-10-5-4-9-15(16)18(23)28-2)20(29(3,26)27)13-7-6-8-14(11-13)21(24)25/h4-12H,1-3H3,(H,19,22)/t12-/m1/s1. The van der Waals surface area contributed by atoms with Crippen molar-refractivity contribution in [2.75, 3.05) is 23.0 Å². The number of nitro groups is 1. The lowest BCUT2D eigenvalue weighted by molar-refractivity contribution is -0.384. The maximum absolute atomic E-state index is 12.8. The molecule has 0 aliphatic heterocycles. The van der Waals surface area contributed by atoms with Gasteiger partial charge in [0.2, 0.25) is 15.9 Å². The van der Waals surface area contributed by atoms with Crippen molar-refractivity contribution < 1.29 is 27.7 Å². The fourth-order valence-corrected chi connectivity index (χ4v) is 3.84. The average molecular weight is 421 g/mol. The van der Waals surface area contributed by atoms with Crippen LogP contribution >= 0.6 is 0 Å². The number of methoxy groups -OCH3 is 1. The van der Waals surface area contributed by atoms with Gasteiger partial charge in [0.15, 0.2) is 0 Å². The number of carbonyl (C=O) groups is 2. The number of hydrogen-bond acceptors (Lipinski definition) is 7. The number of amides is 1. The summed E-state index contributed by atoms with van der Waals surface area (Å²) in [5.41, 5.74) is -0.120. The first-order valence-electron chi connectivity index (χ1n) is 8.28. The lowest BCUT2D eigenvalue weighted by atomic mass is 10.1. The van der Waals surface area contributed by atoms with Crippen LogP contribution in [0.4, 0.5) is 17.1 Å². The quantitative estimate of drug-likeness (QED) is 0.411. The van der Waals surface area contributed by atoms with Crippen molar-refractivity contribution in [1.82, 2.24) is 0 Å². The summed E-state index contributed by atoms with van der Waals surface area (Å²) in [5.74, 6) is -1.41. The maximum Gasteiger partial charge on any atom is 0.339 e. The summed E-state index contributed by atoms with van der Waals surface area (Å²) < 4.78 is 30.1. The monoisotopic (exact) mass is 421 g/mol. The molecule has 1 amide bonds. The van der Waals surface area contributed by atoms with Crippen LogP contribution in [0.1, 0.15) is 17.3 Å². The number of ether oxygens (including phenoxy) is 1. The van der Waals surface area contributed by atoms with Crippen LogP contribution in [0.5, 0.6) is 0 Å². The number of carbonyl (C=O) groups excluding carboxylic acids is 2. The van der Waals surface area contributed by atoms with Crippen LogP contribution < -0.4 is 9.62 Å². The molecule has 2 aromatic rings. The van der Waals surface area contributed by atoms with Crippen molar-refractivity contribution in [3.63, 3.8) is 0 Å². The van der Waals surface area contributed by atoms with Gasteiger partial charge in [-0.15, -0.1) is 0 Å². The van der Waals surface area contributed by atoms with Crippen molar-refractivity contribution in [1.29, 1.82) is 0 Å². The van der Waals surface area contributed by atoms with Gasteiger partial charge in [-0.05, 0) is 25.1 Å². The fourth-order valence-electron chi connectivity index (χ4n) is 2.67. The van der Waals surface area contributed by atoms with Gasteiger partial charge in [-0.25, -0.2) is 13.2 Å². The van der Waals surface area contributed by atoms with Crippen molar-refractivity contribution in [3.05, 3.63) is 64.2 Å². The third-order valence-electron chi connectivity index (χ3n) is 3.97. The summed E-state index contributed by atoms with van der Waals surface area (Å²) in [4.78, 5) is 35.0. The van der Waals surface area contributed by atoms with Crippen molar-refractivity contribution in [3.8, 4) is 0 Å². The molecule has 0 fully saturated rings. The third-order valence-corrected chi connectivity index (χ3v) is 5.22. The summed E-state index contributed by atoms with van der Waals surface area (Å²) in [7, 11) is -2.78. The topological polar surface area (TPSA) is 136 Å². The molecule has 0 aliphatic rings. The highest BCUT2D eigenvalue weighted by atomic mass is 32.2. The molecule has 2 aromatic carbocycles. The Morgan fingerprint density at radius 3 is 2.41 bits per heavy atom. The van der Waals surface area contributed by atoms with Gasteiger partial charge in [0.25, 0.3) is 5.69 Å². The van der Waals surface area contributed by atoms with E-state index in [1.807, 2.05) is 0 Å². The minimum absolute atomic E-state index is 0.0365. The van der Waals surface area contributed by atoms with Gasteiger partial charge < -0.3 is 10.1 Å². The number of esters is 1. The number of hydrogen-bond donors (Lipinski definition) is 1. The summed E-state index contributed by atoms with van der Waals surface area (Å²) in [5, 5.41) is 13.5. The van der Waals surface area contributed by atoms with Gasteiger partial charge in [-0.3, -0.25) is 19.2 Å². The minimum Gasteiger partial charge on any atom is -0.465 e. The molecule has 10 nitrogen and oxygen atoms in total. The first-order chi connectivity index (χ1) is 13.6. The summed E-state index contributed by atoms with van der Waals surface area (Å²) in [6.45, 7) is 1.33. The number of rotatable bonds is 7. The molecule has 0 radical (unpaired) electrons. The number of para-hydroxylation sites is 1. The number of nitrogens with one attached hydrogen (secondary N) is 1. The third kappa shape index (κ3) is 5.08. The molecule has 0 aromatic heterocycles. The van der Waals surface area contributed by atoms with E-state index in [9.17, 15) is 28.1 Å². The van der Waals surface area contributed by atoms with Crippen LogP contribution in [0.15, 0.2) is 48.5 Å². The molecule has 0 bridgehead atoms. The number of sulfonamides is 1.